The van der Waals surface area contributed by atoms with Crippen LogP contribution in [0.5, 0.6) is 0 Å². The number of rotatable bonds is 46. The van der Waals surface area contributed by atoms with E-state index in [1.807, 2.05) is 0 Å². The van der Waals surface area contributed by atoms with E-state index in [9.17, 15) is 19.8 Å². The Morgan fingerprint density at radius 2 is 0.912 bits per heavy atom. The molecule has 0 saturated heterocycles. The Balaban J connectivity index is 3.42. The van der Waals surface area contributed by atoms with Crippen molar-refractivity contribution < 1.29 is 24.5 Å². The zero-order valence-corrected chi connectivity index (χ0v) is 38.1. The number of aliphatic hydroxyl groups excluding tert-OH is 2. The Bertz CT molecular complexity index is 889. The Kier molecular flexibility index (Phi) is 45.7. The van der Waals surface area contributed by atoms with Crippen LogP contribution < -0.4 is 5.32 Å². The van der Waals surface area contributed by atoms with E-state index < -0.39 is 12.1 Å². The van der Waals surface area contributed by atoms with Gasteiger partial charge < -0.3 is 20.3 Å². The first-order chi connectivity index (χ1) is 28.0. The average molecular weight is 804 g/mol. The van der Waals surface area contributed by atoms with Gasteiger partial charge in [0, 0.05) is 12.8 Å². The largest absolute Gasteiger partial charge is 0.466 e. The Hall–Kier alpha value is -1.66. The van der Waals surface area contributed by atoms with Crippen LogP contribution in [-0.2, 0) is 14.3 Å². The molecule has 0 bridgehead atoms. The van der Waals surface area contributed by atoms with Crippen molar-refractivity contribution in [2.75, 3.05) is 13.2 Å². The molecule has 2 unspecified atom stereocenters. The molecule has 6 heteroatoms. The van der Waals surface area contributed by atoms with Gasteiger partial charge in [-0.25, -0.2) is 0 Å². The second-order valence-corrected chi connectivity index (χ2v) is 17.1. The van der Waals surface area contributed by atoms with E-state index in [-0.39, 0.29) is 18.5 Å². The van der Waals surface area contributed by atoms with E-state index in [1.165, 1.54) is 173 Å². The monoisotopic (exact) mass is 804 g/mol. The van der Waals surface area contributed by atoms with Crippen LogP contribution in [0.4, 0.5) is 0 Å². The molecule has 0 radical (unpaired) electrons. The molecule has 2 atom stereocenters. The smallest absolute Gasteiger partial charge is 0.305 e. The van der Waals surface area contributed by atoms with Crippen molar-refractivity contribution in [1.29, 1.82) is 0 Å². The van der Waals surface area contributed by atoms with Gasteiger partial charge in [-0.2, -0.15) is 0 Å². The Labute approximate surface area is 354 Å². The molecule has 0 saturated carbocycles. The van der Waals surface area contributed by atoms with E-state index in [4.69, 9.17) is 4.74 Å². The lowest BCUT2D eigenvalue weighted by atomic mass is 10.0. The summed E-state index contributed by atoms with van der Waals surface area (Å²) in [4.78, 5) is 24.4. The molecule has 0 rings (SSSR count). The highest BCUT2D eigenvalue weighted by molar-refractivity contribution is 5.76. The first kappa shape index (κ1) is 55.3. The summed E-state index contributed by atoms with van der Waals surface area (Å²) >= 11 is 0. The number of esters is 1. The maximum atomic E-state index is 12.4. The van der Waals surface area contributed by atoms with Crippen LogP contribution in [-0.4, -0.2) is 47.4 Å². The molecule has 0 heterocycles. The van der Waals surface area contributed by atoms with E-state index in [2.05, 4.69) is 43.5 Å². The molecule has 6 nitrogen and oxygen atoms in total. The van der Waals surface area contributed by atoms with E-state index in [1.54, 1.807) is 0 Å². The second-order valence-electron chi connectivity index (χ2n) is 17.1. The Morgan fingerprint density at radius 1 is 0.491 bits per heavy atom. The summed E-state index contributed by atoms with van der Waals surface area (Å²) in [5, 5.41) is 23.1. The number of carbonyl (C=O) groups excluding carboxylic acids is 2. The minimum absolute atomic E-state index is 0.0126. The van der Waals surface area contributed by atoms with Crippen molar-refractivity contribution in [1.82, 2.24) is 5.32 Å². The quantitative estimate of drug-likeness (QED) is 0.0324. The van der Waals surface area contributed by atoms with Gasteiger partial charge in [-0.3, -0.25) is 9.59 Å². The molecule has 3 N–H and O–H groups in total. The molecule has 0 aliphatic carbocycles. The third kappa shape index (κ3) is 43.7. The SMILES string of the molecule is CCC/C=C\C/C=C\CCCCCCCC(=O)OCCCCCCCCCCCCCCCCCCC(=O)NC(CO)C(O)CCCCCCCCCCCCC. The van der Waals surface area contributed by atoms with Gasteiger partial charge >= 0.3 is 5.97 Å². The third-order valence-corrected chi connectivity index (χ3v) is 11.5. The van der Waals surface area contributed by atoms with Gasteiger partial charge in [-0.1, -0.05) is 224 Å². The minimum Gasteiger partial charge on any atom is -0.466 e. The summed E-state index contributed by atoms with van der Waals surface area (Å²) in [6.45, 7) is 4.85. The number of hydrogen-bond donors (Lipinski definition) is 3. The van der Waals surface area contributed by atoms with Crippen LogP contribution in [0.15, 0.2) is 24.3 Å². The maximum absolute atomic E-state index is 12.4. The lowest BCUT2D eigenvalue weighted by Gasteiger charge is -2.22. The molecule has 0 fully saturated rings. The van der Waals surface area contributed by atoms with Gasteiger partial charge in [-0.15, -0.1) is 0 Å². The van der Waals surface area contributed by atoms with Crippen LogP contribution in [0.25, 0.3) is 0 Å². The summed E-state index contributed by atoms with van der Waals surface area (Å²) in [5.41, 5.74) is 0. The van der Waals surface area contributed by atoms with Crippen molar-refractivity contribution in [2.45, 2.75) is 276 Å². The summed E-state index contributed by atoms with van der Waals surface area (Å²) in [5.74, 6) is -0.0563. The summed E-state index contributed by atoms with van der Waals surface area (Å²) in [7, 11) is 0. The Morgan fingerprint density at radius 3 is 1.40 bits per heavy atom. The number of allylic oxidation sites excluding steroid dienone is 4. The van der Waals surface area contributed by atoms with Gasteiger partial charge in [0.15, 0.2) is 0 Å². The van der Waals surface area contributed by atoms with E-state index in [0.29, 0.717) is 25.9 Å². The predicted molar refractivity (Wildman–Crippen MR) is 246 cm³/mol. The molecule has 0 aromatic rings. The predicted octanol–water partition coefficient (Wildman–Crippen LogP) is 14.7. The van der Waals surface area contributed by atoms with E-state index in [0.717, 1.165) is 57.8 Å². The molecule has 0 aliphatic heterocycles. The standard InChI is InChI=1S/C51H97NO5/c1-3-5-7-9-11-13-15-20-25-29-33-37-41-45-51(56)57-46-42-38-34-30-26-22-19-17-16-18-21-24-28-32-36-40-44-50(55)52-48(47-53)49(54)43-39-35-31-27-23-14-12-10-8-6-4-2/h7,9,13,15,48-49,53-54H,3-6,8,10-12,14,16-47H2,1-2H3,(H,52,55)/b9-7-,15-13-. The van der Waals surface area contributed by atoms with Crippen LogP contribution in [0.1, 0.15) is 264 Å². The highest BCUT2D eigenvalue weighted by Crippen LogP contribution is 2.16. The van der Waals surface area contributed by atoms with Crippen molar-refractivity contribution in [3.05, 3.63) is 24.3 Å². The van der Waals surface area contributed by atoms with Crippen LogP contribution >= 0.6 is 0 Å². The molecule has 0 aromatic carbocycles. The molecule has 1 amide bonds. The lowest BCUT2D eigenvalue weighted by Crippen LogP contribution is -2.45. The third-order valence-electron chi connectivity index (χ3n) is 11.5. The number of hydrogen-bond acceptors (Lipinski definition) is 5. The van der Waals surface area contributed by atoms with Gasteiger partial charge in [0.1, 0.15) is 0 Å². The fourth-order valence-corrected chi connectivity index (χ4v) is 7.62. The average Bonchev–Trinajstić information content (AvgIpc) is 3.21. The minimum atomic E-state index is -0.667. The molecular formula is C51H97NO5. The zero-order valence-electron chi connectivity index (χ0n) is 38.1. The second kappa shape index (κ2) is 47.0. The first-order valence-corrected chi connectivity index (χ1v) is 25.1. The number of nitrogens with one attached hydrogen (secondary N) is 1. The summed E-state index contributed by atoms with van der Waals surface area (Å²) in [6, 6.07) is -0.545. The molecule has 57 heavy (non-hydrogen) atoms. The van der Waals surface area contributed by atoms with Crippen molar-refractivity contribution in [2.24, 2.45) is 0 Å². The number of ether oxygens (including phenoxy) is 1. The number of unbranched alkanes of at least 4 members (excludes halogenated alkanes) is 31. The topological polar surface area (TPSA) is 95.9 Å². The van der Waals surface area contributed by atoms with Crippen LogP contribution in [0.3, 0.4) is 0 Å². The van der Waals surface area contributed by atoms with Crippen molar-refractivity contribution in [3.63, 3.8) is 0 Å². The fraction of sp³-hybridized carbons (Fsp3) is 0.882. The highest BCUT2D eigenvalue weighted by Gasteiger charge is 2.20. The van der Waals surface area contributed by atoms with Gasteiger partial charge in [0.05, 0.1) is 25.4 Å². The van der Waals surface area contributed by atoms with Crippen LogP contribution in [0, 0.1) is 0 Å². The number of carbonyl (C=O) groups is 2. The van der Waals surface area contributed by atoms with Gasteiger partial charge in [0.25, 0.3) is 0 Å². The summed E-state index contributed by atoms with van der Waals surface area (Å²) in [6.07, 6.45) is 54.3. The molecule has 336 valence electrons. The molecule has 0 aliphatic rings. The number of amides is 1. The molecule has 0 aromatic heterocycles. The summed E-state index contributed by atoms with van der Waals surface area (Å²) < 4.78 is 5.45. The molecular weight excluding hydrogens is 707 g/mol. The normalized spacial score (nSPS) is 12.8. The van der Waals surface area contributed by atoms with Gasteiger partial charge in [0.2, 0.25) is 5.91 Å². The maximum Gasteiger partial charge on any atom is 0.305 e. The van der Waals surface area contributed by atoms with Crippen LogP contribution in [0.2, 0.25) is 0 Å². The highest BCUT2D eigenvalue weighted by atomic mass is 16.5. The van der Waals surface area contributed by atoms with E-state index >= 15 is 0 Å². The molecule has 0 spiro atoms. The zero-order chi connectivity index (χ0) is 41.5. The van der Waals surface area contributed by atoms with Gasteiger partial charge in [-0.05, 0) is 51.4 Å². The van der Waals surface area contributed by atoms with Crippen molar-refractivity contribution >= 4 is 11.9 Å². The number of aliphatic hydroxyl groups is 2. The lowest BCUT2D eigenvalue weighted by molar-refractivity contribution is -0.143. The fourth-order valence-electron chi connectivity index (χ4n) is 7.62. The van der Waals surface area contributed by atoms with Crippen molar-refractivity contribution in [3.8, 4) is 0 Å². The first-order valence-electron chi connectivity index (χ1n) is 25.1.